The third-order valence-electron chi connectivity index (χ3n) is 2.93. The Morgan fingerprint density at radius 1 is 1.39 bits per heavy atom. The molecule has 0 aliphatic heterocycles. The van der Waals surface area contributed by atoms with Crippen molar-refractivity contribution >= 4 is 5.91 Å². The lowest BCUT2D eigenvalue weighted by Gasteiger charge is -2.28. The van der Waals surface area contributed by atoms with E-state index in [1.54, 1.807) is 11.0 Å². The molecule has 0 aliphatic carbocycles. The first-order valence-electron chi connectivity index (χ1n) is 6.21. The van der Waals surface area contributed by atoms with Gasteiger partial charge in [-0.05, 0) is 26.3 Å². The second kappa shape index (κ2) is 6.36. The molecule has 0 aliphatic rings. The largest absolute Gasteiger partial charge is 0.335 e. The molecule has 2 N–H and O–H groups in total. The summed E-state index contributed by atoms with van der Waals surface area (Å²) in [4.78, 5) is 14.0. The summed E-state index contributed by atoms with van der Waals surface area (Å²) >= 11 is 0. The number of carbonyl (C=O) groups is 1. The van der Waals surface area contributed by atoms with Crippen LogP contribution in [0.4, 0.5) is 0 Å². The van der Waals surface area contributed by atoms with E-state index < -0.39 is 6.04 Å². The van der Waals surface area contributed by atoms with Crippen molar-refractivity contribution in [3.8, 4) is 0 Å². The first kappa shape index (κ1) is 14.5. The topological polar surface area (TPSA) is 46.3 Å². The summed E-state index contributed by atoms with van der Waals surface area (Å²) in [6.07, 6.45) is 1.72. The molecule has 1 aromatic rings. The van der Waals surface area contributed by atoms with Crippen LogP contribution in [-0.2, 0) is 4.79 Å². The summed E-state index contributed by atoms with van der Waals surface area (Å²) in [5.41, 5.74) is 8.04. The fourth-order valence-corrected chi connectivity index (χ4v) is 1.79. The third kappa shape index (κ3) is 3.44. The number of aryl methyl sites for hydroxylation is 1. The minimum Gasteiger partial charge on any atom is -0.335 e. The standard InChI is InChI=1S/C15H22N2O/c1-5-10-17(11(2)3)15(18)14(16)13-8-6-12(4)7-9-13/h5-9,11,14H,1,10,16H2,2-4H3. The highest BCUT2D eigenvalue weighted by atomic mass is 16.2. The van der Waals surface area contributed by atoms with Gasteiger partial charge >= 0.3 is 0 Å². The average Bonchev–Trinajstić information content (AvgIpc) is 2.35. The summed E-state index contributed by atoms with van der Waals surface area (Å²) in [6.45, 7) is 10.2. The van der Waals surface area contributed by atoms with Gasteiger partial charge in [-0.1, -0.05) is 35.9 Å². The lowest BCUT2D eigenvalue weighted by atomic mass is 10.0. The van der Waals surface area contributed by atoms with Gasteiger partial charge in [0.1, 0.15) is 6.04 Å². The minimum absolute atomic E-state index is 0.0613. The zero-order valence-electron chi connectivity index (χ0n) is 11.4. The van der Waals surface area contributed by atoms with Crippen molar-refractivity contribution in [1.29, 1.82) is 0 Å². The van der Waals surface area contributed by atoms with Gasteiger partial charge in [-0.2, -0.15) is 0 Å². The number of nitrogens with two attached hydrogens (primary N) is 1. The smallest absolute Gasteiger partial charge is 0.244 e. The molecule has 1 aromatic carbocycles. The molecular weight excluding hydrogens is 224 g/mol. The van der Waals surface area contributed by atoms with Crippen LogP contribution < -0.4 is 5.73 Å². The Labute approximate surface area is 109 Å². The van der Waals surface area contributed by atoms with Crippen molar-refractivity contribution in [3.63, 3.8) is 0 Å². The Morgan fingerprint density at radius 2 is 1.94 bits per heavy atom. The van der Waals surface area contributed by atoms with E-state index in [4.69, 9.17) is 5.73 Å². The van der Waals surface area contributed by atoms with Gasteiger partial charge in [-0.3, -0.25) is 4.79 Å². The molecule has 0 saturated carbocycles. The van der Waals surface area contributed by atoms with Crippen molar-refractivity contribution < 1.29 is 4.79 Å². The molecule has 0 saturated heterocycles. The van der Waals surface area contributed by atoms with E-state index in [1.165, 1.54) is 0 Å². The van der Waals surface area contributed by atoms with Gasteiger partial charge in [-0.25, -0.2) is 0 Å². The van der Waals surface area contributed by atoms with Gasteiger partial charge in [0, 0.05) is 12.6 Å². The Morgan fingerprint density at radius 3 is 2.39 bits per heavy atom. The van der Waals surface area contributed by atoms with Gasteiger partial charge in [0.15, 0.2) is 0 Å². The molecule has 0 heterocycles. The van der Waals surface area contributed by atoms with Crippen LogP contribution in [0.25, 0.3) is 0 Å². The summed E-state index contributed by atoms with van der Waals surface area (Å²) in [5, 5.41) is 0. The molecular formula is C15H22N2O. The summed E-state index contributed by atoms with van der Waals surface area (Å²) in [7, 11) is 0. The maximum absolute atomic E-state index is 12.3. The van der Waals surface area contributed by atoms with E-state index in [0.717, 1.165) is 11.1 Å². The van der Waals surface area contributed by atoms with Crippen molar-refractivity contribution in [2.75, 3.05) is 6.54 Å². The SMILES string of the molecule is C=CCN(C(=O)C(N)c1ccc(C)cc1)C(C)C. The normalized spacial score (nSPS) is 12.3. The highest BCUT2D eigenvalue weighted by Crippen LogP contribution is 2.15. The van der Waals surface area contributed by atoms with Crippen LogP contribution in [0, 0.1) is 6.92 Å². The number of hydrogen-bond acceptors (Lipinski definition) is 2. The van der Waals surface area contributed by atoms with Crippen LogP contribution in [-0.4, -0.2) is 23.4 Å². The van der Waals surface area contributed by atoms with Gasteiger partial charge in [0.25, 0.3) is 0 Å². The monoisotopic (exact) mass is 246 g/mol. The zero-order valence-corrected chi connectivity index (χ0v) is 11.4. The molecule has 18 heavy (non-hydrogen) atoms. The van der Waals surface area contributed by atoms with E-state index >= 15 is 0 Å². The molecule has 0 bridgehead atoms. The van der Waals surface area contributed by atoms with E-state index in [2.05, 4.69) is 6.58 Å². The number of amides is 1. The Balaban J connectivity index is 2.87. The molecule has 0 fully saturated rings. The minimum atomic E-state index is -0.604. The summed E-state index contributed by atoms with van der Waals surface area (Å²) in [6, 6.07) is 7.26. The van der Waals surface area contributed by atoms with Crippen LogP contribution in [0.1, 0.15) is 31.0 Å². The number of benzene rings is 1. The molecule has 0 spiro atoms. The number of rotatable bonds is 5. The van der Waals surface area contributed by atoms with Crippen LogP contribution in [0.2, 0.25) is 0 Å². The van der Waals surface area contributed by atoms with Crippen molar-refractivity contribution in [3.05, 3.63) is 48.0 Å². The van der Waals surface area contributed by atoms with Gasteiger partial charge in [0.2, 0.25) is 5.91 Å². The van der Waals surface area contributed by atoms with Crippen molar-refractivity contribution in [2.24, 2.45) is 5.73 Å². The fraction of sp³-hybridized carbons (Fsp3) is 0.400. The maximum Gasteiger partial charge on any atom is 0.244 e. The van der Waals surface area contributed by atoms with Crippen LogP contribution in [0.15, 0.2) is 36.9 Å². The van der Waals surface area contributed by atoms with Crippen LogP contribution in [0.5, 0.6) is 0 Å². The highest BCUT2D eigenvalue weighted by Gasteiger charge is 2.23. The second-order valence-corrected chi connectivity index (χ2v) is 4.76. The third-order valence-corrected chi connectivity index (χ3v) is 2.93. The highest BCUT2D eigenvalue weighted by molar-refractivity contribution is 5.83. The molecule has 0 radical (unpaired) electrons. The summed E-state index contributed by atoms with van der Waals surface area (Å²) in [5.74, 6) is -0.0613. The molecule has 3 nitrogen and oxygen atoms in total. The molecule has 1 atom stereocenters. The van der Waals surface area contributed by atoms with Gasteiger partial charge in [0.05, 0.1) is 0 Å². The van der Waals surface area contributed by atoms with Gasteiger partial charge < -0.3 is 10.6 Å². The molecule has 98 valence electrons. The van der Waals surface area contributed by atoms with E-state index in [0.29, 0.717) is 6.54 Å². The Bertz CT molecular complexity index is 409. The Hall–Kier alpha value is -1.61. The molecule has 1 rings (SSSR count). The lowest BCUT2D eigenvalue weighted by Crippen LogP contribution is -2.42. The second-order valence-electron chi connectivity index (χ2n) is 4.76. The first-order valence-corrected chi connectivity index (χ1v) is 6.21. The molecule has 3 heteroatoms. The molecule has 1 amide bonds. The molecule has 1 unspecified atom stereocenters. The predicted molar refractivity (Wildman–Crippen MR) is 75.2 cm³/mol. The van der Waals surface area contributed by atoms with Crippen LogP contribution in [0.3, 0.4) is 0 Å². The Kier molecular flexibility index (Phi) is 5.10. The number of nitrogens with zero attached hydrogens (tertiary/aromatic N) is 1. The van der Waals surface area contributed by atoms with Crippen LogP contribution >= 0.6 is 0 Å². The van der Waals surface area contributed by atoms with Crippen molar-refractivity contribution in [2.45, 2.75) is 32.9 Å². The summed E-state index contributed by atoms with van der Waals surface area (Å²) < 4.78 is 0. The number of carbonyl (C=O) groups excluding carboxylic acids is 1. The average molecular weight is 246 g/mol. The van der Waals surface area contributed by atoms with E-state index in [1.807, 2.05) is 45.0 Å². The van der Waals surface area contributed by atoms with Crippen molar-refractivity contribution in [1.82, 2.24) is 4.90 Å². The quantitative estimate of drug-likeness (QED) is 0.811. The van der Waals surface area contributed by atoms with Gasteiger partial charge in [-0.15, -0.1) is 6.58 Å². The first-order chi connectivity index (χ1) is 8.47. The maximum atomic E-state index is 12.3. The zero-order chi connectivity index (χ0) is 13.7. The van der Waals surface area contributed by atoms with E-state index in [9.17, 15) is 4.79 Å². The van der Waals surface area contributed by atoms with E-state index in [-0.39, 0.29) is 11.9 Å². The molecule has 0 aromatic heterocycles. The fourth-order valence-electron chi connectivity index (χ4n) is 1.79. The lowest BCUT2D eigenvalue weighted by molar-refractivity contribution is -0.133. The number of hydrogen-bond donors (Lipinski definition) is 1. The predicted octanol–water partition coefficient (Wildman–Crippen LogP) is 2.42.